The Balaban J connectivity index is 1.25. The molecule has 12 nitrogen and oxygen atoms in total. The number of Topliss-reactive ketones (excluding diaryl/α,β-unsaturated/α-hetero) is 1. The molecule has 1 aliphatic carbocycles. The Hall–Kier alpha value is -3.96. The number of aromatic nitrogens is 4. The highest BCUT2D eigenvalue weighted by Gasteiger charge is 2.45. The maximum atomic E-state index is 13.3. The van der Waals surface area contributed by atoms with Crippen LogP contribution in [0.25, 0.3) is 11.0 Å². The van der Waals surface area contributed by atoms with E-state index in [1.54, 1.807) is 56.2 Å². The summed E-state index contributed by atoms with van der Waals surface area (Å²) in [6.45, 7) is 4.71. The van der Waals surface area contributed by atoms with Crippen molar-refractivity contribution in [3.8, 4) is 0 Å². The summed E-state index contributed by atoms with van der Waals surface area (Å²) < 4.78 is 13.9. The van der Waals surface area contributed by atoms with Gasteiger partial charge in [0, 0.05) is 56.3 Å². The van der Waals surface area contributed by atoms with Gasteiger partial charge in [-0.25, -0.2) is 4.98 Å². The third-order valence-corrected chi connectivity index (χ3v) is 10.00. The minimum absolute atomic E-state index is 0.0142. The van der Waals surface area contributed by atoms with Crippen molar-refractivity contribution in [1.29, 1.82) is 0 Å². The summed E-state index contributed by atoms with van der Waals surface area (Å²) >= 11 is 3.48. The van der Waals surface area contributed by atoms with Gasteiger partial charge in [0.15, 0.2) is 0 Å². The van der Waals surface area contributed by atoms with Gasteiger partial charge in [-0.05, 0) is 71.8 Å². The Bertz CT molecular complexity index is 1780. The summed E-state index contributed by atoms with van der Waals surface area (Å²) in [5.74, 6) is 0.935. The van der Waals surface area contributed by atoms with Gasteiger partial charge in [-0.3, -0.25) is 24.9 Å². The number of rotatable bonds is 7. The molecule has 2 fully saturated rings. The first kappa shape index (κ1) is 28.2. The predicted octanol–water partition coefficient (Wildman–Crippen LogP) is 5.78. The average Bonchev–Trinajstić information content (AvgIpc) is 2.94. The second-order valence-corrected chi connectivity index (χ2v) is 15.2. The first-order valence-electron chi connectivity index (χ1n) is 13.4. The molecule has 42 heavy (non-hydrogen) atoms. The van der Waals surface area contributed by atoms with Crippen molar-refractivity contribution in [1.82, 2.24) is 19.9 Å². The number of nitrogens with zero attached hydrogens (tertiary/aromatic N) is 6. The quantitative estimate of drug-likeness (QED) is 0.142. The topological polar surface area (TPSA) is 156 Å². The van der Waals surface area contributed by atoms with Gasteiger partial charge in [0.25, 0.3) is 5.69 Å². The number of nitro groups is 1. The largest absolute Gasteiger partial charge is 0.366 e. The van der Waals surface area contributed by atoms with Crippen LogP contribution in [0.3, 0.4) is 0 Å². The molecular weight excluding hydrogens is 623 g/mol. The molecule has 216 valence electrons. The zero-order chi connectivity index (χ0) is 29.6. The number of nitrogens with one attached hydrogen (secondary N) is 2. The summed E-state index contributed by atoms with van der Waals surface area (Å²) in [5.41, 5.74) is 2.86. The van der Waals surface area contributed by atoms with E-state index in [2.05, 4.69) is 46.5 Å². The third kappa shape index (κ3) is 5.46. The maximum absolute atomic E-state index is 13.3. The molecule has 14 heteroatoms. The van der Waals surface area contributed by atoms with Gasteiger partial charge in [0.2, 0.25) is 5.95 Å². The molecule has 1 saturated heterocycles. The number of carbonyl (C=O) groups excluding carboxylic acids is 1. The normalized spacial score (nSPS) is 16.4. The molecule has 2 aliphatic rings. The summed E-state index contributed by atoms with van der Waals surface area (Å²) in [4.78, 5) is 42.9. The van der Waals surface area contributed by atoms with Crippen molar-refractivity contribution in [3.05, 3.63) is 63.5 Å². The molecule has 6 rings (SSSR count). The van der Waals surface area contributed by atoms with Crippen LogP contribution in [0.1, 0.15) is 25.7 Å². The molecule has 1 spiro atoms. The van der Waals surface area contributed by atoms with E-state index < -0.39 is 7.14 Å². The lowest BCUT2D eigenvalue weighted by Crippen LogP contribution is -2.47. The van der Waals surface area contributed by atoms with Crippen molar-refractivity contribution in [2.45, 2.75) is 25.7 Å². The van der Waals surface area contributed by atoms with Crippen LogP contribution in [0.4, 0.5) is 34.5 Å². The molecule has 0 bridgehead atoms. The van der Waals surface area contributed by atoms with Crippen LogP contribution in [-0.4, -0.2) is 57.1 Å². The Labute approximate surface area is 250 Å². The second kappa shape index (κ2) is 10.7. The number of hydrogen-bond acceptors (Lipinski definition) is 11. The average molecular weight is 651 g/mol. The smallest absolute Gasteiger partial charge is 0.294 e. The van der Waals surface area contributed by atoms with E-state index in [1.807, 2.05) is 4.90 Å². The van der Waals surface area contributed by atoms with Gasteiger partial charge < -0.3 is 20.1 Å². The van der Waals surface area contributed by atoms with E-state index >= 15 is 0 Å². The Kier molecular flexibility index (Phi) is 7.18. The minimum atomic E-state index is -2.78. The van der Waals surface area contributed by atoms with Crippen molar-refractivity contribution in [2.75, 3.05) is 42.0 Å². The van der Waals surface area contributed by atoms with Crippen LogP contribution in [0, 0.1) is 15.5 Å². The lowest BCUT2D eigenvalue weighted by molar-refractivity contribution is -0.384. The maximum Gasteiger partial charge on any atom is 0.294 e. The van der Waals surface area contributed by atoms with E-state index in [-0.39, 0.29) is 22.0 Å². The van der Waals surface area contributed by atoms with Crippen molar-refractivity contribution in [3.63, 3.8) is 0 Å². The summed E-state index contributed by atoms with van der Waals surface area (Å²) in [7, 11) is -2.78. The third-order valence-electron chi connectivity index (χ3n) is 7.89. The fourth-order valence-electron chi connectivity index (χ4n) is 5.81. The minimum Gasteiger partial charge on any atom is -0.366 e. The monoisotopic (exact) mass is 650 g/mol. The molecule has 2 N–H and O–H groups in total. The zero-order valence-corrected chi connectivity index (χ0v) is 25.5. The van der Waals surface area contributed by atoms with Crippen LogP contribution in [-0.2, 0) is 9.36 Å². The first-order valence-corrected chi connectivity index (χ1v) is 16.8. The highest BCUT2D eigenvalue weighted by Crippen LogP contribution is 2.48. The van der Waals surface area contributed by atoms with E-state index in [4.69, 9.17) is 0 Å². The number of halogens is 1. The fraction of sp³-hybridized carbons (Fsp3) is 0.321. The van der Waals surface area contributed by atoms with E-state index in [0.717, 1.165) is 12.8 Å². The molecule has 4 aromatic rings. The van der Waals surface area contributed by atoms with Crippen LogP contribution in [0.2, 0.25) is 0 Å². The first-order chi connectivity index (χ1) is 20.0. The number of piperidine rings is 1. The highest BCUT2D eigenvalue weighted by atomic mass is 79.9. The molecule has 2 aromatic carbocycles. The number of anilines is 5. The second-order valence-electron chi connectivity index (χ2n) is 11.2. The highest BCUT2D eigenvalue weighted by molar-refractivity contribution is 9.10. The molecule has 0 radical (unpaired) electrons. The number of nitro benzene ring substituents is 1. The Morgan fingerprint density at radius 2 is 1.79 bits per heavy atom. The molecule has 1 aliphatic heterocycles. The number of carbonyl (C=O) groups is 1. The lowest BCUT2D eigenvalue weighted by Gasteiger charge is -2.47. The number of fused-ring (bicyclic) bond motifs is 1. The van der Waals surface area contributed by atoms with Gasteiger partial charge in [0.1, 0.15) is 29.9 Å². The van der Waals surface area contributed by atoms with E-state index in [9.17, 15) is 19.5 Å². The van der Waals surface area contributed by atoms with E-state index in [0.29, 0.717) is 75.4 Å². The van der Waals surface area contributed by atoms with Crippen LogP contribution in [0.5, 0.6) is 0 Å². The SMILES string of the molecule is CP(C)(=O)c1c(Nc2nc(Nc3ccc(N4CCC5(CC4)CC(=O)C5)c([N+](=O)[O-])c3)ncc2Br)ccc2nccnc12. The number of hydrogen-bond donors (Lipinski definition) is 2. The summed E-state index contributed by atoms with van der Waals surface area (Å²) in [6, 6.07) is 8.58. The molecule has 0 amide bonds. The van der Waals surface area contributed by atoms with Gasteiger partial charge in [0.05, 0.1) is 25.9 Å². The van der Waals surface area contributed by atoms with Gasteiger partial charge in [-0.15, -0.1) is 0 Å². The molecule has 1 saturated carbocycles. The number of benzene rings is 2. The van der Waals surface area contributed by atoms with Crippen molar-refractivity contribution < 1.29 is 14.3 Å². The summed E-state index contributed by atoms with van der Waals surface area (Å²) in [5, 5.41) is 18.9. The molecular formula is C28H28BrN8O4P. The van der Waals surface area contributed by atoms with Crippen LogP contribution < -0.4 is 20.8 Å². The van der Waals surface area contributed by atoms with Crippen molar-refractivity contribution >= 4 is 79.7 Å². The van der Waals surface area contributed by atoms with Gasteiger partial charge >= 0.3 is 0 Å². The predicted molar refractivity (Wildman–Crippen MR) is 166 cm³/mol. The van der Waals surface area contributed by atoms with E-state index in [1.165, 1.54) is 6.07 Å². The molecule has 3 heterocycles. The Morgan fingerprint density at radius 3 is 2.48 bits per heavy atom. The number of ketones is 1. The van der Waals surface area contributed by atoms with Crippen LogP contribution >= 0.6 is 23.1 Å². The lowest BCUT2D eigenvalue weighted by atomic mass is 9.62. The Morgan fingerprint density at radius 1 is 1.05 bits per heavy atom. The van der Waals surface area contributed by atoms with Crippen molar-refractivity contribution in [2.24, 2.45) is 5.41 Å². The molecule has 0 atom stereocenters. The fourth-order valence-corrected chi connectivity index (χ4v) is 7.50. The van der Waals surface area contributed by atoms with Gasteiger partial charge in [-0.1, -0.05) is 0 Å². The summed E-state index contributed by atoms with van der Waals surface area (Å²) in [6.07, 6.45) is 7.69. The molecule has 0 unspecified atom stereocenters. The zero-order valence-electron chi connectivity index (χ0n) is 23.0. The molecule has 2 aromatic heterocycles. The van der Waals surface area contributed by atoms with Crippen LogP contribution in [0.15, 0.2) is 53.4 Å². The van der Waals surface area contributed by atoms with Gasteiger partial charge in [-0.2, -0.15) is 4.98 Å². The standard InChI is InChI=1S/C28H28BrN8O4P/c1-42(2,41)25-21(5-4-20-24(25)31-10-9-30-20)34-26-19(29)16-32-27(35-26)33-17-3-6-22(23(13-17)37(39)40)36-11-7-28(8-12-36)14-18(38)15-28/h3-6,9-10,13,16H,7-8,11-12,14-15H2,1-2H3,(H2,32,33,34,35).